The van der Waals surface area contributed by atoms with Gasteiger partial charge in [0.2, 0.25) is 8.69 Å². The Bertz CT molecular complexity index is 71.2. The van der Waals surface area contributed by atoms with Crippen molar-refractivity contribution < 1.29 is 13.9 Å². The maximum Gasteiger partial charge on any atom is 0.409 e. The summed E-state index contributed by atoms with van der Waals surface area (Å²) in [7, 11) is -1.47. The van der Waals surface area contributed by atoms with Crippen molar-refractivity contribution in [1.82, 2.24) is 0 Å². The van der Waals surface area contributed by atoms with Gasteiger partial charge in [-0.2, -0.15) is 0 Å². The molecule has 0 aliphatic carbocycles. The summed E-state index contributed by atoms with van der Waals surface area (Å²) in [6.45, 7) is 0. The van der Waals surface area contributed by atoms with E-state index in [1.54, 1.807) is 0 Å². The number of primary amides is 1. The number of hydrogen-bond acceptors (Lipinski definition) is 3. The molecule has 0 aliphatic rings. The van der Waals surface area contributed by atoms with Crippen LogP contribution in [0.2, 0.25) is 0 Å². The summed E-state index contributed by atoms with van der Waals surface area (Å²) in [5.41, 5.74) is 4.36. The first-order valence-corrected chi connectivity index (χ1v) is 2.11. The molecule has 1 amide bonds. The summed E-state index contributed by atoms with van der Waals surface area (Å²) in [5.74, 6) is 0. The lowest BCUT2D eigenvalue weighted by molar-refractivity contribution is 0.215. The van der Waals surface area contributed by atoms with Crippen molar-refractivity contribution in [2.24, 2.45) is 5.73 Å². The molecule has 6 heavy (non-hydrogen) atoms. The number of rotatable bonds is 1. The van der Waals surface area contributed by atoms with Gasteiger partial charge in [-0.1, -0.05) is 0 Å². The van der Waals surface area contributed by atoms with Crippen molar-refractivity contribution in [2.45, 2.75) is 0 Å². The van der Waals surface area contributed by atoms with Gasteiger partial charge in [-0.25, -0.2) is 4.79 Å². The highest BCUT2D eigenvalue weighted by molar-refractivity contribution is 7.18. The summed E-state index contributed by atoms with van der Waals surface area (Å²) < 4.78 is 13.0. The highest BCUT2D eigenvalue weighted by Gasteiger charge is 1.81. The van der Waals surface area contributed by atoms with E-state index in [1.807, 2.05) is 0 Å². The van der Waals surface area contributed by atoms with Crippen LogP contribution in [0.5, 0.6) is 0 Å². The molecule has 1 unspecified atom stereocenters. The van der Waals surface area contributed by atoms with E-state index in [4.69, 9.17) is 0 Å². The molecule has 0 saturated carbocycles. The molecule has 0 fully saturated rings. The minimum absolute atomic E-state index is 0.986. The van der Waals surface area contributed by atoms with Crippen LogP contribution in [-0.2, 0) is 9.09 Å². The Hall–Kier alpha value is -0.500. The van der Waals surface area contributed by atoms with E-state index >= 15 is 0 Å². The van der Waals surface area contributed by atoms with Crippen molar-refractivity contribution in [3.8, 4) is 0 Å². The van der Waals surface area contributed by atoms with Crippen LogP contribution >= 0.6 is 8.69 Å². The van der Waals surface area contributed by atoms with Gasteiger partial charge in [-0.15, -0.1) is 0 Å². The summed E-state index contributed by atoms with van der Waals surface area (Å²) in [6, 6.07) is 0. The summed E-state index contributed by atoms with van der Waals surface area (Å²) in [6.07, 6.45) is -0.986. The molecule has 0 rings (SSSR count). The fraction of sp³-hybridized carbons (Fsp3) is 0. The van der Waals surface area contributed by atoms with E-state index in [-0.39, 0.29) is 0 Å². The molecular formula is CH4NO3P. The van der Waals surface area contributed by atoms with Gasteiger partial charge >= 0.3 is 6.09 Å². The van der Waals surface area contributed by atoms with Crippen molar-refractivity contribution in [2.75, 3.05) is 0 Å². The second-order valence-electron chi connectivity index (χ2n) is 0.533. The van der Waals surface area contributed by atoms with E-state index < -0.39 is 14.8 Å². The normalized spacial score (nSPS) is 9.33. The topological polar surface area (TPSA) is 69.4 Å². The smallest absolute Gasteiger partial charge is 0.401 e. The maximum atomic E-state index is 9.42. The zero-order valence-corrected chi connectivity index (χ0v) is 4.03. The number of carbonyl (C=O) groups is 1. The minimum atomic E-state index is -1.47. The Kier molecular flexibility index (Phi) is 2.50. The highest BCUT2D eigenvalue weighted by Crippen LogP contribution is 1.89. The zero-order chi connectivity index (χ0) is 4.99. The average Bonchev–Trinajstić information content (AvgIpc) is 1.35. The van der Waals surface area contributed by atoms with E-state index in [1.165, 1.54) is 0 Å². The Morgan fingerprint density at radius 2 is 2.33 bits per heavy atom. The standard InChI is InChI=1S/CH4NO3P/c2-1(3)5-6-4/h6H2,(H2,2,3). The van der Waals surface area contributed by atoms with Crippen molar-refractivity contribution in [3.63, 3.8) is 0 Å². The third kappa shape index (κ3) is 3.50. The Labute approximate surface area is 35.6 Å². The lowest BCUT2D eigenvalue weighted by Gasteiger charge is -1.81. The molecule has 0 bridgehead atoms. The minimum Gasteiger partial charge on any atom is -0.401 e. The predicted octanol–water partition coefficient (Wildman–Crippen LogP) is -0.247. The fourth-order valence-corrected chi connectivity index (χ4v) is 0.142. The Morgan fingerprint density at radius 3 is 2.33 bits per heavy atom. The predicted molar refractivity (Wildman–Crippen MR) is 21.1 cm³/mol. The van der Waals surface area contributed by atoms with Crippen molar-refractivity contribution in [1.29, 1.82) is 0 Å². The SMILES string of the molecule is NC(=O)O[PH2]=O. The maximum absolute atomic E-state index is 9.42. The van der Waals surface area contributed by atoms with Gasteiger partial charge in [0.15, 0.2) is 0 Å². The number of nitrogens with two attached hydrogens (primary N) is 1. The van der Waals surface area contributed by atoms with Gasteiger partial charge in [0.25, 0.3) is 0 Å². The fourth-order valence-electron chi connectivity index (χ4n) is 0.0474. The Balaban J connectivity index is 3.05. The number of amides is 1. The molecule has 0 aliphatic heterocycles. The summed E-state index contributed by atoms with van der Waals surface area (Å²) >= 11 is 0. The first kappa shape index (κ1) is 5.50. The molecule has 36 valence electrons. The largest absolute Gasteiger partial charge is 0.409 e. The molecule has 1 atom stereocenters. The van der Waals surface area contributed by atoms with Crippen LogP contribution in [0.25, 0.3) is 0 Å². The molecule has 0 aromatic rings. The third-order valence-corrected chi connectivity index (χ3v) is 0.493. The van der Waals surface area contributed by atoms with Gasteiger partial charge in [-0.3, -0.25) is 4.57 Å². The highest BCUT2D eigenvalue weighted by atomic mass is 31.1. The zero-order valence-electron chi connectivity index (χ0n) is 2.88. The molecule has 0 saturated heterocycles. The van der Waals surface area contributed by atoms with E-state index in [0.717, 1.165) is 0 Å². The molecule has 2 N–H and O–H groups in total. The van der Waals surface area contributed by atoms with Gasteiger partial charge < -0.3 is 10.3 Å². The van der Waals surface area contributed by atoms with E-state index in [2.05, 4.69) is 10.3 Å². The van der Waals surface area contributed by atoms with Crippen LogP contribution in [0, 0.1) is 0 Å². The van der Waals surface area contributed by atoms with Crippen LogP contribution in [-0.4, -0.2) is 6.09 Å². The van der Waals surface area contributed by atoms with Gasteiger partial charge in [0, 0.05) is 0 Å². The second-order valence-corrected chi connectivity index (χ2v) is 0.961. The van der Waals surface area contributed by atoms with Gasteiger partial charge in [0.1, 0.15) is 0 Å². The molecule has 0 heterocycles. The summed E-state index contributed by atoms with van der Waals surface area (Å²) in [5, 5.41) is 0. The molecule has 4 nitrogen and oxygen atoms in total. The average molecular weight is 109 g/mol. The molecule has 0 aromatic heterocycles. The molecular weight excluding hydrogens is 105 g/mol. The van der Waals surface area contributed by atoms with Gasteiger partial charge in [-0.05, 0) is 0 Å². The molecule has 0 aromatic carbocycles. The van der Waals surface area contributed by atoms with Crippen LogP contribution in [0.15, 0.2) is 0 Å². The third-order valence-electron chi connectivity index (χ3n) is 0.164. The first-order chi connectivity index (χ1) is 2.77. The van der Waals surface area contributed by atoms with Crippen molar-refractivity contribution in [3.05, 3.63) is 0 Å². The van der Waals surface area contributed by atoms with Crippen LogP contribution in [0.1, 0.15) is 0 Å². The lowest BCUT2D eigenvalue weighted by Crippen LogP contribution is -2.06. The second kappa shape index (κ2) is 2.72. The van der Waals surface area contributed by atoms with E-state index in [0.29, 0.717) is 0 Å². The van der Waals surface area contributed by atoms with Crippen molar-refractivity contribution >= 4 is 14.8 Å². The van der Waals surface area contributed by atoms with Crippen LogP contribution in [0.4, 0.5) is 4.79 Å². The summed E-state index contributed by atoms with van der Waals surface area (Å²) in [4.78, 5) is 9.42. The van der Waals surface area contributed by atoms with Gasteiger partial charge in [0.05, 0.1) is 0 Å². The molecule has 0 radical (unpaired) electrons. The quantitative estimate of drug-likeness (QED) is 0.472. The van der Waals surface area contributed by atoms with E-state index in [9.17, 15) is 9.36 Å². The Morgan fingerprint density at radius 1 is 1.83 bits per heavy atom. The lowest BCUT2D eigenvalue weighted by atomic mass is 11.3. The monoisotopic (exact) mass is 109 g/mol. The molecule has 5 heteroatoms. The van der Waals surface area contributed by atoms with Crippen LogP contribution in [0.3, 0.4) is 0 Å². The number of hydrogen-bond donors (Lipinski definition) is 1. The first-order valence-electron chi connectivity index (χ1n) is 1.17. The number of carbonyl (C=O) groups excluding carboxylic acids is 1. The molecule has 0 spiro atoms. The van der Waals surface area contributed by atoms with Crippen LogP contribution < -0.4 is 5.73 Å².